The van der Waals surface area contributed by atoms with Gasteiger partial charge < -0.3 is 15.4 Å². The Morgan fingerprint density at radius 3 is 2.64 bits per heavy atom. The van der Waals surface area contributed by atoms with Gasteiger partial charge in [0.15, 0.2) is 0 Å². The van der Waals surface area contributed by atoms with Crippen LogP contribution in [-0.4, -0.2) is 41.9 Å². The molecule has 0 radical (unpaired) electrons. The van der Waals surface area contributed by atoms with Crippen molar-refractivity contribution in [2.24, 2.45) is 0 Å². The van der Waals surface area contributed by atoms with Crippen LogP contribution in [0.3, 0.4) is 0 Å². The number of ether oxygens (including phenoxy) is 1. The molecule has 4 amide bonds. The summed E-state index contributed by atoms with van der Waals surface area (Å²) in [5, 5.41) is 7.64. The molecule has 1 atom stereocenters. The Kier molecular flexibility index (Phi) is 5.90. The molecular weight excluding hydrogens is 442 g/mol. The Bertz CT molecular complexity index is 1280. The van der Waals surface area contributed by atoms with Crippen LogP contribution in [0.5, 0.6) is 0 Å². The number of fused-ring (bicyclic) bond motifs is 1. The van der Waals surface area contributed by atoms with E-state index < -0.39 is 35.9 Å². The van der Waals surface area contributed by atoms with Crippen LogP contribution >= 0.6 is 11.3 Å². The maximum Gasteiger partial charge on any atom is 0.348 e. The molecule has 4 rings (SSSR count). The summed E-state index contributed by atoms with van der Waals surface area (Å²) < 4.78 is 5.01. The lowest BCUT2D eigenvalue weighted by Gasteiger charge is -2.24. The first kappa shape index (κ1) is 22.5. The summed E-state index contributed by atoms with van der Waals surface area (Å²) in [5.41, 5.74) is 0.0385. The van der Waals surface area contributed by atoms with E-state index in [2.05, 4.69) is 10.6 Å². The number of hydrogen-bond acceptors (Lipinski definition) is 6. The number of urea groups is 1. The average Bonchev–Trinajstić information content (AvgIpc) is 3.25. The molecule has 0 saturated carbocycles. The quantitative estimate of drug-likeness (QED) is 0.426. The monoisotopic (exact) mass is 465 g/mol. The highest BCUT2D eigenvalue weighted by molar-refractivity contribution is 7.18. The molecule has 1 aromatic heterocycles. The molecule has 1 aliphatic rings. The zero-order valence-corrected chi connectivity index (χ0v) is 19.2. The van der Waals surface area contributed by atoms with Gasteiger partial charge in [0, 0.05) is 0 Å². The highest BCUT2D eigenvalue weighted by Gasteiger charge is 2.50. The van der Waals surface area contributed by atoms with E-state index in [1.54, 1.807) is 32.9 Å². The molecule has 8 nitrogen and oxygen atoms in total. The number of aryl methyl sites for hydroxylation is 1. The summed E-state index contributed by atoms with van der Waals surface area (Å²) in [5.74, 6) is -1.51. The second-order valence-corrected chi connectivity index (χ2v) is 8.92. The van der Waals surface area contributed by atoms with Crippen molar-refractivity contribution >= 4 is 50.9 Å². The number of benzene rings is 2. The van der Waals surface area contributed by atoms with Crippen LogP contribution in [0.15, 0.2) is 48.5 Å². The van der Waals surface area contributed by atoms with Crippen LogP contribution in [0.2, 0.25) is 0 Å². The minimum atomic E-state index is -1.30. The van der Waals surface area contributed by atoms with E-state index in [9.17, 15) is 19.2 Å². The third-order valence-electron chi connectivity index (χ3n) is 5.55. The van der Waals surface area contributed by atoms with Crippen molar-refractivity contribution in [2.45, 2.75) is 26.3 Å². The largest absolute Gasteiger partial charge is 0.462 e. The topological polar surface area (TPSA) is 105 Å². The Morgan fingerprint density at radius 1 is 1.15 bits per heavy atom. The zero-order valence-electron chi connectivity index (χ0n) is 18.4. The maximum atomic E-state index is 13.3. The van der Waals surface area contributed by atoms with E-state index in [-0.39, 0.29) is 6.61 Å². The summed E-state index contributed by atoms with van der Waals surface area (Å²) >= 11 is 1.08. The lowest BCUT2D eigenvalue weighted by Crippen LogP contribution is -2.42. The third kappa shape index (κ3) is 4.07. The molecule has 0 bridgehead atoms. The molecule has 1 saturated heterocycles. The van der Waals surface area contributed by atoms with Crippen LogP contribution in [0, 0.1) is 6.92 Å². The summed E-state index contributed by atoms with van der Waals surface area (Å²) in [7, 11) is 0. The first-order valence-corrected chi connectivity index (χ1v) is 11.3. The highest BCUT2D eigenvalue weighted by Crippen LogP contribution is 2.34. The fourth-order valence-electron chi connectivity index (χ4n) is 3.95. The predicted octanol–water partition coefficient (Wildman–Crippen LogP) is 3.79. The van der Waals surface area contributed by atoms with Crippen LogP contribution in [0.4, 0.5) is 9.80 Å². The van der Waals surface area contributed by atoms with Gasteiger partial charge in [-0.3, -0.25) is 14.5 Å². The second kappa shape index (κ2) is 8.67. The van der Waals surface area contributed by atoms with Crippen molar-refractivity contribution in [3.63, 3.8) is 0 Å². The number of hydrogen-bond donors (Lipinski definition) is 2. The molecule has 2 heterocycles. The Balaban J connectivity index is 1.52. The van der Waals surface area contributed by atoms with Gasteiger partial charge in [0.1, 0.15) is 17.0 Å². The molecule has 1 unspecified atom stereocenters. The molecule has 3 aromatic rings. The fourth-order valence-corrected chi connectivity index (χ4v) is 4.93. The Morgan fingerprint density at radius 2 is 1.88 bits per heavy atom. The Hall–Kier alpha value is -3.72. The van der Waals surface area contributed by atoms with Gasteiger partial charge in [-0.1, -0.05) is 42.5 Å². The smallest absolute Gasteiger partial charge is 0.348 e. The van der Waals surface area contributed by atoms with Gasteiger partial charge in [-0.2, -0.15) is 0 Å². The normalized spacial score (nSPS) is 17.8. The summed E-state index contributed by atoms with van der Waals surface area (Å²) in [6.07, 6.45) is 0. The van der Waals surface area contributed by atoms with Crippen molar-refractivity contribution in [2.75, 3.05) is 18.5 Å². The number of nitrogens with zero attached hydrogens (tertiary/aromatic N) is 1. The fraction of sp³-hybridized carbons (Fsp3) is 0.250. The number of carbonyl (C=O) groups excluding carboxylic acids is 4. The molecule has 33 heavy (non-hydrogen) atoms. The standard InChI is InChI=1S/C24H23N3O5S/c1-4-32-21(29)20-14(2)12-19(33-20)25-18(28)13-27-22(30)24(3,26-23(27)31)17-11-7-9-15-8-5-6-10-16(15)17/h5-12H,4,13H2,1-3H3,(H,25,28)(H,26,31). The number of esters is 1. The molecular formula is C24H23N3O5S. The summed E-state index contributed by atoms with van der Waals surface area (Å²) in [4.78, 5) is 51.9. The van der Waals surface area contributed by atoms with Gasteiger partial charge in [0.25, 0.3) is 5.91 Å². The minimum absolute atomic E-state index is 0.250. The van der Waals surface area contributed by atoms with Crippen molar-refractivity contribution in [3.8, 4) is 0 Å². The van der Waals surface area contributed by atoms with Crippen LogP contribution in [0.1, 0.15) is 34.6 Å². The molecule has 2 aromatic carbocycles. The Labute approximate surface area is 194 Å². The molecule has 0 aliphatic carbocycles. The van der Waals surface area contributed by atoms with Gasteiger partial charge >= 0.3 is 12.0 Å². The van der Waals surface area contributed by atoms with Crippen molar-refractivity contribution in [3.05, 3.63) is 64.5 Å². The van der Waals surface area contributed by atoms with Crippen molar-refractivity contribution < 1.29 is 23.9 Å². The number of anilines is 1. The second-order valence-electron chi connectivity index (χ2n) is 7.86. The number of amides is 4. The van der Waals surface area contributed by atoms with E-state index in [1.165, 1.54) is 0 Å². The predicted molar refractivity (Wildman–Crippen MR) is 125 cm³/mol. The summed E-state index contributed by atoms with van der Waals surface area (Å²) in [6.45, 7) is 4.90. The molecule has 1 fully saturated rings. The van der Waals surface area contributed by atoms with Crippen LogP contribution < -0.4 is 10.6 Å². The number of thiophene rings is 1. The molecule has 0 spiro atoms. The number of carbonyl (C=O) groups is 4. The lowest BCUT2D eigenvalue weighted by atomic mass is 9.88. The van der Waals surface area contributed by atoms with Gasteiger partial charge in [0.2, 0.25) is 5.91 Å². The van der Waals surface area contributed by atoms with Crippen molar-refractivity contribution in [1.29, 1.82) is 0 Å². The average molecular weight is 466 g/mol. The number of rotatable bonds is 6. The molecule has 170 valence electrons. The van der Waals surface area contributed by atoms with E-state index >= 15 is 0 Å². The van der Waals surface area contributed by atoms with E-state index in [4.69, 9.17) is 4.74 Å². The molecule has 2 N–H and O–H groups in total. The third-order valence-corrected chi connectivity index (χ3v) is 6.68. The molecule has 1 aliphatic heterocycles. The summed E-state index contributed by atoms with van der Waals surface area (Å²) in [6, 6.07) is 14.2. The number of imide groups is 1. The highest BCUT2D eigenvalue weighted by atomic mass is 32.1. The van der Waals surface area contributed by atoms with Gasteiger partial charge in [-0.15, -0.1) is 11.3 Å². The maximum absolute atomic E-state index is 13.3. The lowest BCUT2D eigenvalue weighted by molar-refractivity contribution is -0.133. The SMILES string of the molecule is CCOC(=O)c1sc(NC(=O)CN2C(=O)NC(C)(c3cccc4ccccc34)C2=O)cc1C. The molecule has 9 heteroatoms. The first-order chi connectivity index (χ1) is 15.7. The minimum Gasteiger partial charge on any atom is -0.462 e. The van der Waals surface area contributed by atoms with Crippen LogP contribution in [-0.2, 0) is 19.9 Å². The number of nitrogens with one attached hydrogen (secondary N) is 2. The van der Waals surface area contributed by atoms with Crippen LogP contribution in [0.25, 0.3) is 10.8 Å². The zero-order chi connectivity index (χ0) is 23.8. The van der Waals surface area contributed by atoms with Gasteiger partial charge in [-0.05, 0) is 48.7 Å². The van der Waals surface area contributed by atoms with E-state index in [0.717, 1.165) is 27.0 Å². The van der Waals surface area contributed by atoms with E-state index in [0.29, 0.717) is 21.0 Å². The van der Waals surface area contributed by atoms with Gasteiger partial charge in [0.05, 0.1) is 11.6 Å². The first-order valence-electron chi connectivity index (χ1n) is 10.4. The van der Waals surface area contributed by atoms with Gasteiger partial charge in [-0.25, -0.2) is 9.59 Å². The van der Waals surface area contributed by atoms with E-state index in [1.807, 2.05) is 36.4 Å². The van der Waals surface area contributed by atoms with Crippen molar-refractivity contribution in [1.82, 2.24) is 10.2 Å².